The summed E-state index contributed by atoms with van der Waals surface area (Å²) in [5.41, 5.74) is 0. The second-order valence-corrected chi connectivity index (χ2v) is 10.6. The van der Waals surface area contributed by atoms with Gasteiger partial charge in [-0.25, -0.2) is 4.79 Å². The highest BCUT2D eigenvalue weighted by molar-refractivity contribution is 9.11. The smallest absolute Gasteiger partial charge is 0.320 e. The van der Waals surface area contributed by atoms with Crippen LogP contribution in [0.1, 0.15) is 35.4 Å². The second kappa shape index (κ2) is 9.32. The zero-order valence-electron chi connectivity index (χ0n) is 16.8. The predicted octanol–water partition coefficient (Wildman–Crippen LogP) is 2.62. The van der Waals surface area contributed by atoms with Gasteiger partial charge in [-0.2, -0.15) is 0 Å². The summed E-state index contributed by atoms with van der Waals surface area (Å²) in [5.74, 6) is 0.0295. The Bertz CT molecular complexity index is 739. The predicted molar refractivity (Wildman–Crippen MR) is 116 cm³/mol. The van der Waals surface area contributed by atoms with Crippen molar-refractivity contribution in [1.82, 2.24) is 20.0 Å². The molecule has 3 saturated heterocycles. The van der Waals surface area contributed by atoms with Crippen LogP contribution in [0.5, 0.6) is 0 Å². The van der Waals surface area contributed by atoms with Crippen molar-refractivity contribution in [1.29, 1.82) is 0 Å². The van der Waals surface area contributed by atoms with Crippen molar-refractivity contribution in [2.45, 2.75) is 43.8 Å². The quantitative estimate of drug-likeness (QED) is 0.713. The van der Waals surface area contributed by atoms with Crippen molar-refractivity contribution in [3.05, 3.63) is 20.8 Å². The molecular weight excluding hydrogens is 456 g/mol. The summed E-state index contributed by atoms with van der Waals surface area (Å²) in [5, 5.41) is 3.71. The third-order valence-corrected chi connectivity index (χ3v) is 7.85. The van der Waals surface area contributed by atoms with Crippen LogP contribution in [0.15, 0.2) is 15.9 Å². The molecule has 4 heterocycles. The summed E-state index contributed by atoms with van der Waals surface area (Å²) in [6.07, 6.45) is 3.95. The molecule has 4 rings (SSSR count). The molecule has 2 unspecified atom stereocenters. The van der Waals surface area contributed by atoms with E-state index in [0.717, 1.165) is 60.7 Å². The fourth-order valence-electron chi connectivity index (χ4n) is 4.47. The Morgan fingerprint density at radius 3 is 2.55 bits per heavy atom. The number of hydrogen-bond acceptors (Lipinski definition) is 5. The van der Waals surface area contributed by atoms with Crippen molar-refractivity contribution in [3.8, 4) is 0 Å². The SMILES string of the molecule is CN(C(=O)c1ccc(Br)s1)C1CCN(C(=O)N2CCC(NC3CCOCC3)C2)C1. The number of thiophene rings is 1. The molecule has 1 N–H and O–H groups in total. The minimum atomic E-state index is 0.0295. The first kappa shape index (κ1) is 21.1. The van der Waals surface area contributed by atoms with Crippen molar-refractivity contribution in [2.75, 3.05) is 46.4 Å². The lowest BCUT2D eigenvalue weighted by atomic mass is 10.1. The number of carbonyl (C=O) groups excluding carboxylic acids is 2. The zero-order chi connectivity index (χ0) is 20.4. The number of likely N-dealkylation sites (N-methyl/N-ethyl adjacent to an activating group) is 1. The number of amides is 3. The number of likely N-dealkylation sites (tertiary alicyclic amines) is 2. The summed E-state index contributed by atoms with van der Waals surface area (Å²) in [4.78, 5) is 32.1. The van der Waals surface area contributed by atoms with Crippen LogP contribution in [0.25, 0.3) is 0 Å². The normalized spacial score (nSPS) is 25.6. The molecule has 9 heteroatoms. The average Bonchev–Trinajstić information content (AvgIpc) is 3.48. The first-order valence-electron chi connectivity index (χ1n) is 10.4. The number of ether oxygens (including phenoxy) is 1. The molecule has 3 aliphatic rings. The maximum Gasteiger partial charge on any atom is 0.320 e. The number of halogens is 1. The molecule has 0 saturated carbocycles. The Hall–Kier alpha value is -1.16. The van der Waals surface area contributed by atoms with E-state index in [9.17, 15) is 9.59 Å². The van der Waals surface area contributed by atoms with Gasteiger partial charge in [0.05, 0.1) is 14.7 Å². The molecule has 0 radical (unpaired) electrons. The molecule has 2 atom stereocenters. The second-order valence-electron chi connectivity index (χ2n) is 8.18. The lowest BCUT2D eigenvalue weighted by molar-refractivity contribution is 0.0739. The van der Waals surface area contributed by atoms with Crippen molar-refractivity contribution >= 4 is 39.2 Å². The minimum Gasteiger partial charge on any atom is -0.381 e. The van der Waals surface area contributed by atoms with Crippen LogP contribution in [0.2, 0.25) is 0 Å². The standard InChI is InChI=1S/C20H29BrN4O3S/c1-23(19(26)17-2-3-18(21)29-17)16-5-9-25(13-16)20(27)24-8-4-15(12-24)22-14-6-10-28-11-7-14/h2-3,14-16,22H,4-13H2,1H3. The van der Waals surface area contributed by atoms with E-state index in [1.807, 2.05) is 29.0 Å². The maximum absolute atomic E-state index is 13.0. The Balaban J connectivity index is 1.26. The van der Waals surface area contributed by atoms with Gasteiger partial charge in [-0.15, -0.1) is 11.3 Å². The molecular formula is C20H29BrN4O3S. The monoisotopic (exact) mass is 484 g/mol. The van der Waals surface area contributed by atoms with E-state index in [-0.39, 0.29) is 18.0 Å². The number of nitrogens with zero attached hydrogens (tertiary/aromatic N) is 3. The van der Waals surface area contributed by atoms with Crippen LogP contribution >= 0.6 is 27.3 Å². The first-order valence-corrected chi connectivity index (χ1v) is 12.0. The van der Waals surface area contributed by atoms with Crippen LogP contribution in [0, 0.1) is 0 Å². The Morgan fingerprint density at radius 2 is 1.83 bits per heavy atom. The number of urea groups is 1. The highest BCUT2D eigenvalue weighted by Crippen LogP contribution is 2.25. The fraction of sp³-hybridized carbons (Fsp3) is 0.700. The van der Waals surface area contributed by atoms with Gasteiger partial charge in [0.15, 0.2) is 0 Å². The molecule has 160 valence electrons. The van der Waals surface area contributed by atoms with Gasteiger partial charge in [-0.05, 0) is 53.7 Å². The molecule has 0 aliphatic carbocycles. The lowest BCUT2D eigenvalue weighted by Crippen LogP contribution is -2.46. The number of carbonyl (C=O) groups is 2. The molecule has 1 aromatic heterocycles. The van der Waals surface area contributed by atoms with E-state index in [1.54, 1.807) is 4.90 Å². The summed E-state index contributed by atoms with van der Waals surface area (Å²) in [7, 11) is 1.85. The summed E-state index contributed by atoms with van der Waals surface area (Å²) in [6, 6.07) is 4.82. The maximum atomic E-state index is 13.0. The Morgan fingerprint density at radius 1 is 1.10 bits per heavy atom. The molecule has 3 fully saturated rings. The van der Waals surface area contributed by atoms with Crippen molar-refractivity contribution in [3.63, 3.8) is 0 Å². The summed E-state index contributed by atoms with van der Waals surface area (Å²) in [6.45, 7) is 4.56. The average molecular weight is 485 g/mol. The number of hydrogen-bond donors (Lipinski definition) is 1. The van der Waals surface area contributed by atoms with Gasteiger partial charge in [0.2, 0.25) is 0 Å². The van der Waals surface area contributed by atoms with Crippen LogP contribution in [0.3, 0.4) is 0 Å². The molecule has 0 aromatic carbocycles. The third kappa shape index (κ3) is 4.95. The molecule has 3 amide bonds. The largest absolute Gasteiger partial charge is 0.381 e. The van der Waals surface area contributed by atoms with Gasteiger partial charge in [0.25, 0.3) is 5.91 Å². The van der Waals surface area contributed by atoms with E-state index in [4.69, 9.17) is 4.74 Å². The molecule has 7 nitrogen and oxygen atoms in total. The molecule has 0 spiro atoms. The summed E-state index contributed by atoms with van der Waals surface area (Å²) < 4.78 is 6.38. The zero-order valence-corrected chi connectivity index (χ0v) is 19.2. The lowest BCUT2D eigenvalue weighted by Gasteiger charge is -2.28. The Labute approximate surface area is 184 Å². The van der Waals surface area contributed by atoms with E-state index in [0.29, 0.717) is 25.2 Å². The highest BCUT2D eigenvalue weighted by Gasteiger charge is 2.36. The van der Waals surface area contributed by atoms with Gasteiger partial charge in [0, 0.05) is 58.5 Å². The minimum absolute atomic E-state index is 0.0295. The molecule has 1 aromatic rings. The van der Waals surface area contributed by atoms with Gasteiger partial charge in [-0.1, -0.05) is 0 Å². The molecule has 0 bridgehead atoms. The Kier molecular flexibility index (Phi) is 6.78. The van der Waals surface area contributed by atoms with Crippen LogP contribution in [-0.4, -0.2) is 91.2 Å². The number of nitrogens with one attached hydrogen (secondary N) is 1. The molecule has 3 aliphatic heterocycles. The van der Waals surface area contributed by atoms with Gasteiger partial charge >= 0.3 is 6.03 Å². The van der Waals surface area contributed by atoms with Crippen LogP contribution < -0.4 is 5.32 Å². The van der Waals surface area contributed by atoms with E-state index >= 15 is 0 Å². The van der Waals surface area contributed by atoms with Gasteiger partial charge in [0.1, 0.15) is 0 Å². The van der Waals surface area contributed by atoms with Crippen LogP contribution in [-0.2, 0) is 4.74 Å². The first-order chi connectivity index (χ1) is 14.0. The van der Waals surface area contributed by atoms with Gasteiger partial charge in [-0.3, -0.25) is 4.79 Å². The topological polar surface area (TPSA) is 65.1 Å². The fourth-order valence-corrected chi connectivity index (χ4v) is 5.84. The summed E-state index contributed by atoms with van der Waals surface area (Å²) >= 11 is 4.86. The molecule has 29 heavy (non-hydrogen) atoms. The van der Waals surface area contributed by atoms with E-state index in [1.165, 1.54) is 11.3 Å². The third-order valence-electron chi connectivity index (χ3n) is 6.24. The van der Waals surface area contributed by atoms with Gasteiger partial charge < -0.3 is 24.8 Å². The number of rotatable bonds is 4. The van der Waals surface area contributed by atoms with E-state index < -0.39 is 0 Å². The highest BCUT2D eigenvalue weighted by atomic mass is 79.9. The van der Waals surface area contributed by atoms with Crippen molar-refractivity contribution < 1.29 is 14.3 Å². The van der Waals surface area contributed by atoms with E-state index in [2.05, 4.69) is 21.2 Å². The van der Waals surface area contributed by atoms with Crippen molar-refractivity contribution in [2.24, 2.45) is 0 Å². The van der Waals surface area contributed by atoms with Crippen LogP contribution in [0.4, 0.5) is 4.79 Å².